The Morgan fingerprint density at radius 1 is 0.298 bits per heavy atom. The van der Waals surface area contributed by atoms with Crippen LogP contribution in [0.25, 0.3) is 88.4 Å². The van der Waals surface area contributed by atoms with Crippen molar-refractivity contribution in [2.45, 2.75) is 0 Å². The summed E-state index contributed by atoms with van der Waals surface area (Å²) in [4.78, 5) is 0. The molecule has 3 nitrogen and oxygen atoms in total. The van der Waals surface area contributed by atoms with Gasteiger partial charge in [0.25, 0.3) is 0 Å². The van der Waals surface area contributed by atoms with Crippen LogP contribution in [0.15, 0.2) is 218 Å². The van der Waals surface area contributed by atoms with Gasteiger partial charge in [-0.3, -0.25) is 0 Å². The molecular weight excluding hydrogens is 691 g/mol. The highest BCUT2D eigenvalue weighted by Crippen LogP contribution is 2.43. The number of para-hydroxylation sites is 5. The molecule has 0 spiro atoms. The Balaban J connectivity index is 1.12. The molecule has 0 aliphatic rings. The molecule has 0 bridgehead atoms. The summed E-state index contributed by atoms with van der Waals surface area (Å²) in [6, 6.07) is 78.7. The number of fused-ring (bicyclic) bond motifs is 6. The molecule has 2 aromatic heterocycles. The van der Waals surface area contributed by atoms with E-state index in [2.05, 4.69) is 233 Å². The monoisotopic (exact) mass is 727 g/mol. The van der Waals surface area contributed by atoms with E-state index >= 15 is 0 Å². The minimum absolute atomic E-state index is 1.05. The molecule has 9 aromatic carbocycles. The molecule has 57 heavy (non-hydrogen) atoms. The van der Waals surface area contributed by atoms with Crippen molar-refractivity contribution in [1.29, 1.82) is 0 Å². The molecular formula is C54H37N3. The molecule has 2 heterocycles. The SMILES string of the molecule is c1ccc(Nc2ccc(-c3ccc4c(c3)c3ccccc3n4-c3cccc(-c4ccccc4)c3)cc2-c2cccc3c4ccccc4n(-c4ccccc4)c23)cc1. The van der Waals surface area contributed by atoms with Crippen molar-refractivity contribution in [3.63, 3.8) is 0 Å². The molecule has 0 unspecified atom stereocenters. The lowest BCUT2D eigenvalue weighted by molar-refractivity contribution is 1.18. The van der Waals surface area contributed by atoms with Gasteiger partial charge in [-0.25, -0.2) is 0 Å². The van der Waals surface area contributed by atoms with Crippen LogP contribution < -0.4 is 5.32 Å². The molecule has 0 aliphatic carbocycles. The highest BCUT2D eigenvalue weighted by Gasteiger charge is 2.20. The van der Waals surface area contributed by atoms with Gasteiger partial charge >= 0.3 is 0 Å². The number of anilines is 2. The Kier molecular flexibility index (Phi) is 7.82. The Morgan fingerprint density at radius 2 is 0.842 bits per heavy atom. The zero-order valence-corrected chi connectivity index (χ0v) is 31.2. The smallest absolute Gasteiger partial charge is 0.0620 e. The van der Waals surface area contributed by atoms with Gasteiger partial charge in [-0.05, 0) is 95.1 Å². The van der Waals surface area contributed by atoms with Crippen molar-refractivity contribution < 1.29 is 0 Å². The second-order valence-electron chi connectivity index (χ2n) is 14.6. The molecule has 3 heteroatoms. The van der Waals surface area contributed by atoms with Crippen molar-refractivity contribution >= 4 is 55.0 Å². The molecule has 0 atom stereocenters. The predicted octanol–water partition coefficient (Wildman–Crippen LogP) is 14.6. The third-order valence-corrected chi connectivity index (χ3v) is 11.3. The van der Waals surface area contributed by atoms with E-state index in [4.69, 9.17) is 0 Å². The molecule has 0 amide bonds. The quantitative estimate of drug-likeness (QED) is 0.173. The summed E-state index contributed by atoms with van der Waals surface area (Å²) in [5, 5.41) is 8.72. The van der Waals surface area contributed by atoms with E-state index in [9.17, 15) is 0 Å². The van der Waals surface area contributed by atoms with Crippen LogP contribution in [-0.4, -0.2) is 9.13 Å². The van der Waals surface area contributed by atoms with Crippen LogP contribution in [-0.2, 0) is 0 Å². The van der Waals surface area contributed by atoms with Gasteiger partial charge in [-0.2, -0.15) is 0 Å². The zero-order chi connectivity index (χ0) is 37.7. The van der Waals surface area contributed by atoms with Crippen molar-refractivity contribution in [2.24, 2.45) is 0 Å². The van der Waals surface area contributed by atoms with Gasteiger partial charge in [0.1, 0.15) is 0 Å². The van der Waals surface area contributed by atoms with Crippen LogP contribution in [0.5, 0.6) is 0 Å². The van der Waals surface area contributed by atoms with Gasteiger partial charge in [-0.1, -0.05) is 146 Å². The maximum Gasteiger partial charge on any atom is 0.0620 e. The summed E-state index contributed by atoms with van der Waals surface area (Å²) < 4.78 is 4.83. The van der Waals surface area contributed by atoms with Gasteiger partial charge in [0.2, 0.25) is 0 Å². The summed E-state index contributed by atoms with van der Waals surface area (Å²) in [7, 11) is 0. The first kappa shape index (κ1) is 32.8. The van der Waals surface area contributed by atoms with Crippen LogP contribution in [0.2, 0.25) is 0 Å². The Morgan fingerprint density at radius 3 is 1.63 bits per heavy atom. The predicted molar refractivity (Wildman–Crippen MR) is 241 cm³/mol. The molecule has 11 aromatic rings. The van der Waals surface area contributed by atoms with E-state index in [0.29, 0.717) is 0 Å². The molecule has 0 aliphatic heterocycles. The van der Waals surface area contributed by atoms with E-state index in [-0.39, 0.29) is 0 Å². The third kappa shape index (κ3) is 5.60. The lowest BCUT2D eigenvalue weighted by Crippen LogP contribution is -1.98. The topological polar surface area (TPSA) is 21.9 Å². The Hall–Kier alpha value is -7.62. The fraction of sp³-hybridized carbons (Fsp3) is 0. The molecule has 11 rings (SSSR count). The van der Waals surface area contributed by atoms with Crippen molar-refractivity contribution in [3.05, 3.63) is 218 Å². The van der Waals surface area contributed by atoms with Gasteiger partial charge in [0.15, 0.2) is 0 Å². The van der Waals surface area contributed by atoms with Crippen LogP contribution >= 0.6 is 0 Å². The average Bonchev–Trinajstić information content (AvgIpc) is 3.80. The van der Waals surface area contributed by atoms with Crippen LogP contribution in [0.4, 0.5) is 11.4 Å². The lowest BCUT2D eigenvalue weighted by atomic mass is 9.95. The standard InChI is InChI=1S/C54H37N3/c1-4-16-37(17-5-1)38-18-14-23-43(34-38)56-51-28-12-11-25-45(51)49-36-40(31-33-53(49)56)39-30-32-50(55-41-19-6-2-7-20-41)48(35-39)47-27-15-26-46-44-24-10-13-29-52(44)57(54(46)47)42-21-8-3-9-22-42/h1-36,55H. The molecule has 0 saturated heterocycles. The summed E-state index contributed by atoms with van der Waals surface area (Å²) >= 11 is 0. The fourth-order valence-corrected chi connectivity index (χ4v) is 8.70. The van der Waals surface area contributed by atoms with E-state index < -0.39 is 0 Å². The zero-order valence-electron chi connectivity index (χ0n) is 31.2. The van der Waals surface area contributed by atoms with Crippen molar-refractivity contribution in [2.75, 3.05) is 5.32 Å². The minimum atomic E-state index is 1.05. The Bertz CT molecular complexity index is 3250. The van der Waals surface area contributed by atoms with Gasteiger partial charge in [-0.15, -0.1) is 0 Å². The second kappa shape index (κ2) is 13.6. The lowest BCUT2D eigenvalue weighted by Gasteiger charge is -2.17. The second-order valence-corrected chi connectivity index (χ2v) is 14.6. The van der Waals surface area contributed by atoms with E-state index in [1.165, 1.54) is 65.9 Å². The number of hydrogen-bond acceptors (Lipinski definition) is 1. The summed E-state index contributed by atoms with van der Waals surface area (Å²) in [6.07, 6.45) is 0. The average molecular weight is 728 g/mol. The Labute approximate surface area is 331 Å². The maximum atomic E-state index is 3.79. The molecule has 268 valence electrons. The van der Waals surface area contributed by atoms with Crippen LogP contribution in [0.1, 0.15) is 0 Å². The molecule has 1 N–H and O–H groups in total. The largest absolute Gasteiger partial charge is 0.355 e. The minimum Gasteiger partial charge on any atom is -0.355 e. The first-order chi connectivity index (χ1) is 28.3. The summed E-state index contributed by atoms with van der Waals surface area (Å²) in [5.41, 5.74) is 16.2. The van der Waals surface area contributed by atoms with Crippen molar-refractivity contribution in [3.8, 4) is 44.8 Å². The van der Waals surface area contributed by atoms with E-state index in [1.54, 1.807) is 0 Å². The number of nitrogens with one attached hydrogen (secondary N) is 1. The van der Waals surface area contributed by atoms with E-state index in [1.807, 2.05) is 0 Å². The number of benzene rings is 9. The van der Waals surface area contributed by atoms with Crippen molar-refractivity contribution in [1.82, 2.24) is 9.13 Å². The van der Waals surface area contributed by atoms with Gasteiger partial charge in [0, 0.05) is 55.4 Å². The summed E-state index contributed by atoms with van der Waals surface area (Å²) in [5.74, 6) is 0. The molecule has 0 radical (unpaired) electrons. The van der Waals surface area contributed by atoms with Crippen LogP contribution in [0.3, 0.4) is 0 Å². The van der Waals surface area contributed by atoms with E-state index in [0.717, 1.165) is 33.9 Å². The van der Waals surface area contributed by atoms with Gasteiger partial charge < -0.3 is 14.5 Å². The normalized spacial score (nSPS) is 11.5. The van der Waals surface area contributed by atoms with Crippen LogP contribution in [0, 0.1) is 0 Å². The molecule has 0 saturated carbocycles. The van der Waals surface area contributed by atoms with Gasteiger partial charge in [0.05, 0.1) is 22.1 Å². The third-order valence-electron chi connectivity index (χ3n) is 11.3. The molecule has 0 fully saturated rings. The highest BCUT2D eigenvalue weighted by molar-refractivity contribution is 6.15. The number of aromatic nitrogens is 2. The first-order valence-corrected chi connectivity index (χ1v) is 19.5. The number of rotatable bonds is 7. The maximum absolute atomic E-state index is 3.79. The first-order valence-electron chi connectivity index (χ1n) is 19.5. The highest BCUT2D eigenvalue weighted by atomic mass is 15.0. The number of nitrogens with zero attached hydrogens (tertiary/aromatic N) is 2. The number of hydrogen-bond donors (Lipinski definition) is 1. The fourth-order valence-electron chi connectivity index (χ4n) is 8.70. The summed E-state index contributed by atoms with van der Waals surface area (Å²) in [6.45, 7) is 0.